The quantitative estimate of drug-likeness (QED) is 0.570. The first-order valence-corrected chi connectivity index (χ1v) is 8.60. The number of benzene rings is 2. The molecule has 4 rings (SSSR count). The number of aromatic nitrogens is 4. The average Bonchev–Trinajstić information content (AvgIpc) is 3.08. The number of rotatable bonds is 3. The van der Waals surface area contributed by atoms with Crippen LogP contribution >= 0.6 is 11.3 Å². The smallest absolute Gasteiger partial charge is 0.265 e. The molecule has 0 amide bonds. The Morgan fingerprint density at radius 2 is 1.56 bits per heavy atom. The van der Waals surface area contributed by atoms with E-state index in [1.807, 2.05) is 42.5 Å². The second kappa shape index (κ2) is 6.41. The number of fused-ring (bicyclic) bond motifs is 1. The molecule has 6 heteroatoms. The fourth-order valence-corrected chi connectivity index (χ4v) is 3.34. The molecule has 0 N–H and O–H groups in total. The minimum atomic E-state index is -0.234. The zero-order chi connectivity index (χ0) is 17.2. The van der Waals surface area contributed by atoms with Crippen LogP contribution in [-0.2, 0) is 0 Å². The van der Waals surface area contributed by atoms with Gasteiger partial charge in [0.05, 0.1) is 0 Å². The van der Waals surface area contributed by atoms with E-state index in [9.17, 15) is 4.79 Å². The molecule has 0 spiro atoms. The highest BCUT2D eigenvalue weighted by molar-refractivity contribution is 7.17. The van der Waals surface area contributed by atoms with E-state index in [-0.39, 0.29) is 5.56 Å². The Kier molecular flexibility index (Phi) is 3.95. The van der Waals surface area contributed by atoms with Gasteiger partial charge >= 0.3 is 0 Å². The molecule has 25 heavy (non-hydrogen) atoms. The van der Waals surface area contributed by atoms with Crippen LogP contribution in [0.3, 0.4) is 0 Å². The molecule has 4 aromatic rings. The summed E-state index contributed by atoms with van der Waals surface area (Å²) in [5.74, 6) is 0. The molecule has 0 bridgehead atoms. The summed E-state index contributed by atoms with van der Waals surface area (Å²) < 4.78 is 1.31. The molecule has 0 aliphatic rings. The lowest BCUT2D eigenvalue weighted by molar-refractivity contribution is 0.824. The molecule has 2 heterocycles. The van der Waals surface area contributed by atoms with Crippen molar-refractivity contribution in [1.82, 2.24) is 19.8 Å². The van der Waals surface area contributed by atoms with Gasteiger partial charge in [-0.1, -0.05) is 72.0 Å². The van der Waals surface area contributed by atoms with Crippen molar-refractivity contribution in [3.05, 3.63) is 92.8 Å². The monoisotopic (exact) mass is 346 g/mol. The summed E-state index contributed by atoms with van der Waals surface area (Å²) in [5.41, 5.74) is 3.31. The molecule has 0 unspecified atom stereocenters. The molecular weight excluding hydrogens is 332 g/mol. The van der Waals surface area contributed by atoms with Crippen LogP contribution in [0, 0.1) is 6.92 Å². The van der Waals surface area contributed by atoms with E-state index in [0.29, 0.717) is 15.7 Å². The maximum absolute atomic E-state index is 12.2. The van der Waals surface area contributed by atoms with Crippen LogP contribution in [-0.4, -0.2) is 19.8 Å². The summed E-state index contributed by atoms with van der Waals surface area (Å²) >= 11 is 1.34. The van der Waals surface area contributed by atoms with Crippen molar-refractivity contribution in [2.75, 3.05) is 0 Å². The zero-order valence-corrected chi connectivity index (χ0v) is 14.3. The highest BCUT2D eigenvalue weighted by Gasteiger charge is 2.10. The number of aryl methyl sites for hydroxylation is 1. The van der Waals surface area contributed by atoms with Crippen LogP contribution < -0.4 is 5.56 Å². The minimum Gasteiger partial charge on any atom is -0.265 e. The largest absolute Gasteiger partial charge is 0.296 e. The molecule has 0 atom stereocenters. The van der Waals surface area contributed by atoms with Crippen LogP contribution in [0.4, 0.5) is 0 Å². The van der Waals surface area contributed by atoms with Crippen molar-refractivity contribution < 1.29 is 0 Å². The van der Waals surface area contributed by atoms with Gasteiger partial charge in [-0.25, -0.2) is 0 Å². The summed E-state index contributed by atoms with van der Waals surface area (Å²) in [5, 5.41) is 13.1. The zero-order valence-electron chi connectivity index (χ0n) is 13.5. The first-order valence-electron chi connectivity index (χ1n) is 7.78. The fraction of sp³-hybridized carbons (Fsp3) is 0.0526. The van der Waals surface area contributed by atoms with Crippen LogP contribution in [0.15, 0.2) is 65.5 Å². The van der Waals surface area contributed by atoms with Gasteiger partial charge < -0.3 is 0 Å². The van der Waals surface area contributed by atoms with Gasteiger partial charge in [0.2, 0.25) is 4.96 Å². The number of hydrogen-bond acceptors (Lipinski definition) is 5. The third-order valence-electron chi connectivity index (χ3n) is 3.80. The third kappa shape index (κ3) is 2.99. The van der Waals surface area contributed by atoms with Crippen molar-refractivity contribution >= 4 is 27.9 Å². The summed E-state index contributed by atoms with van der Waals surface area (Å²) in [4.78, 5) is 12.6. The first kappa shape index (κ1) is 15.4. The Labute approximate surface area is 147 Å². The molecule has 0 fully saturated rings. The average molecular weight is 346 g/mol. The lowest BCUT2D eigenvalue weighted by Crippen LogP contribution is -2.19. The Morgan fingerprint density at radius 3 is 2.16 bits per heavy atom. The highest BCUT2D eigenvalue weighted by atomic mass is 32.1. The predicted octanol–water partition coefficient (Wildman–Crippen LogP) is 3.44. The Hall–Kier alpha value is -3.12. The molecule has 0 aliphatic heterocycles. The Balaban J connectivity index is 1.91. The summed E-state index contributed by atoms with van der Waals surface area (Å²) in [6, 6.07) is 20.2. The summed E-state index contributed by atoms with van der Waals surface area (Å²) in [6.45, 7) is 1.63. The molecule has 5 nitrogen and oxygen atoms in total. The first-order chi connectivity index (χ1) is 12.2. The predicted molar refractivity (Wildman–Crippen MR) is 99.5 cm³/mol. The van der Waals surface area contributed by atoms with Crippen molar-refractivity contribution in [1.29, 1.82) is 0 Å². The van der Waals surface area contributed by atoms with Crippen molar-refractivity contribution in [2.24, 2.45) is 0 Å². The second-order valence-corrected chi connectivity index (χ2v) is 6.50. The third-order valence-corrected chi connectivity index (χ3v) is 4.65. The van der Waals surface area contributed by atoms with Gasteiger partial charge in [0, 0.05) is 0 Å². The van der Waals surface area contributed by atoms with Gasteiger partial charge in [0.15, 0.2) is 0 Å². The molecule has 0 saturated carbocycles. The Morgan fingerprint density at radius 1 is 0.960 bits per heavy atom. The standard InChI is InChI=1S/C19H14N4OS/c1-13-18(24)23-19(21-20-13)25-17(22-23)12-16(14-8-4-2-5-9-14)15-10-6-3-7-11-15/h2-12H,1H3. The van der Waals surface area contributed by atoms with Crippen LogP contribution in [0.1, 0.15) is 21.8 Å². The van der Waals surface area contributed by atoms with Gasteiger partial charge in [-0.05, 0) is 29.7 Å². The van der Waals surface area contributed by atoms with Gasteiger partial charge in [-0.15, -0.1) is 10.2 Å². The molecule has 2 aromatic carbocycles. The van der Waals surface area contributed by atoms with Crippen molar-refractivity contribution in [3.63, 3.8) is 0 Å². The molecule has 0 aliphatic carbocycles. The van der Waals surface area contributed by atoms with E-state index in [1.54, 1.807) is 6.92 Å². The second-order valence-electron chi connectivity index (χ2n) is 5.52. The van der Waals surface area contributed by atoms with Gasteiger partial charge in [-0.2, -0.15) is 9.61 Å². The highest BCUT2D eigenvalue weighted by Crippen LogP contribution is 2.27. The number of hydrogen-bond donors (Lipinski definition) is 0. The molecule has 122 valence electrons. The SMILES string of the molecule is Cc1nnc2sc(C=C(c3ccccc3)c3ccccc3)nn2c1=O. The Bertz CT molecular complexity index is 1070. The lowest BCUT2D eigenvalue weighted by Gasteiger charge is -2.07. The van der Waals surface area contributed by atoms with Crippen molar-refractivity contribution in [3.8, 4) is 0 Å². The van der Waals surface area contributed by atoms with Crippen LogP contribution in [0.25, 0.3) is 16.6 Å². The molecule has 0 radical (unpaired) electrons. The summed E-state index contributed by atoms with van der Waals surface area (Å²) in [6.07, 6.45) is 1.98. The molecule has 2 aromatic heterocycles. The van der Waals surface area contributed by atoms with E-state index in [2.05, 4.69) is 39.6 Å². The fourth-order valence-electron chi connectivity index (χ4n) is 2.56. The topological polar surface area (TPSA) is 60.1 Å². The van der Waals surface area contributed by atoms with Gasteiger partial charge in [0.1, 0.15) is 10.7 Å². The maximum Gasteiger partial charge on any atom is 0.296 e. The molecule has 0 saturated heterocycles. The normalized spacial score (nSPS) is 10.8. The van der Waals surface area contributed by atoms with E-state index in [4.69, 9.17) is 0 Å². The number of nitrogens with zero attached hydrogens (tertiary/aromatic N) is 4. The van der Waals surface area contributed by atoms with Gasteiger partial charge in [-0.3, -0.25) is 4.79 Å². The van der Waals surface area contributed by atoms with E-state index in [1.165, 1.54) is 15.9 Å². The van der Waals surface area contributed by atoms with Crippen molar-refractivity contribution in [2.45, 2.75) is 6.92 Å². The van der Waals surface area contributed by atoms with E-state index < -0.39 is 0 Å². The molecular formula is C19H14N4OS. The summed E-state index contributed by atoms with van der Waals surface area (Å²) in [7, 11) is 0. The minimum absolute atomic E-state index is 0.234. The van der Waals surface area contributed by atoms with Crippen LogP contribution in [0.5, 0.6) is 0 Å². The van der Waals surface area contributed by atoms with E-state index >= 15 is 0 Å². The maximum atomic E-state index is 12.2. The van der Waals surface area contributed by atoms with Gasteiger partial charge in [0.25, 0.3) is 5.56 Å². The van der Waals surface area contributed by atoms with E-state index in [0.717, 1.165) is 16.7 Å². The van der Waals surface area contributed by atoms with Crippen LogP contribution in [0.2, 0.25) is 0 Å². The lowest BCUT2D eigenvalue weighted by atomic mass is 9.98.